The first-order valence-electron chi connectivity index (χ1n) is 10.9. The number of allylic oxidation sites excluding steroid dienone is 1. The number of nitrogens with one attached hydrogen (secondary N) is 1. The van der Waals surface area contributed by atoms with E-state index in [1.807, 2.05) is 37.1 Å². The van der Waals surface area contributed by atoms with Gasteiger partial charge in [0.2, 0.25) is 5.91 Å². The molecule has 1 unspecified atom stereocenters. The van der Waals surface area contributed by atoms with Gasteiger partial charge in [0.25, 0.3) is 0 Å². The first-order valence-corrected chi connectivity index (χ1v) is 10.9. The Morgan fingerprint density at radius 3 is 2.41 bits per heavy atom. The number of nitrogens with zero attached hydrogens (tertiary/aromatic N) is 2. The summed E-state index contributed by atoms with van der Waals surface area (Å²) in [6.45, 7) is 8.57. The van der Waals surface area contributed by atoms with E-state index in [1.54, 1.807) is 13.0 Å². The highest BCUT2D eigenvalue weighted by molar-refractivity contribution is 5.73. The summed E-state index contributed by atoms with van der Waals surface area (Å²) in [5, 5.41) is 3.34. The van der Waals surface area contributed by atoms with E-state index in [9.17, 15) is 18.0 Å². The Balaban J connectivity index is 1.70. The average molecular weight is 446 g/mol. The SMILES string of the molecule is CC/C(=C\NC(C)c1cccc(N2CCN(C(C)=O)CC2)c1)c1cccc(C(F)(F)F)c1. The second-order valence-corrected chi connectivity index (χ2v) is 8.08. The molecule has 0 aliphatic carbocycles. The largest absolute Gasteiger partial charge is 0.416 e. The van der Waals surface area contributed by atoms with Gasteiger partial charge in [-0.2, -0.15) is 13.2 Å². The first-order chi connectivity index (χ1) is 15.2. The van der Waals surface area contributed by atoms with Crippen molar-refractivity contribution in [3.8, 4) is 0 Å². The lowest BCUT2D eigenvalue weighted by Gasteiger charge is -2.36. The number of piperazine rings is 1. The van der Waals surface area contributed by atoms with Crippen LogP contribution >= 0.6 is 0 Å². The van der Waals surface area contributed by atoms with E-state index in [0.29, 0.717) is 25.1 Å². The number of rotatable bonds is 6. The van der Waals surface area contributed by atoms with Crippen molar-refractivity contribution in [2.24, 2.45) is 0 Å². The lowest BCUT2D eigenvalue weighted by atomic mass is 10.0. The third-order valence-corrected chi connectivity index (χ3v) is 5.91. The molecule has 0 bridgehead atoms. The Labute approximate surface area is 187 Å². The molecular weight excluding hydrogens is 415 g/mol. The molecule has 2 aromatic carbocycles. The predicted molar refractivity (Wildman–Crippen MR) is 122 cm³/mol. The summed E-state index contributed by atoms with van der Waals surface area (Å²) in [6.07, 6.45) is -1.92. The van der Waals surface area contributed by atoms with Gasteiger partial charge in [0.15, 0.2) is 0 Å². The van der Waals surface area contributed by atoms with Gasteiger partial charge in [0.1, 0.15) is 0 Å². The third kappa shape index (κ3) is 5.84. The van der Waals surface area contributed by atoms with Crippen molar-refractivity contribution in [2.75, 3.05) is 31.1 Å². The zero-order valence-corrected chi connectivity index (χ0v) is 18.7. The fourth-order valence-corrected chi connectivity index (χ4v) is 3.88. The standard InChI is InChI=1S/C25H30F3N3O/c1-4-20(22-8-5-9-23(15-22)25(26,27)28)17-29-18(2)21-7-6-10-24(16-21)31-13-11-30(12-14-31)19(3)32/h5-10,15-18,29H,4,11-14H2,1-3H3/b20-17+. The third-order valence-electron chi connectivity index (χ3n) is 5.91. The normalized spacial score (nSPS) is 16.1. The molecule has 4 nitrogen and oxygen atoms in total. The van der Waals surface area contributed by atoms with Crippen molar-refractivity contribution < 1.29 is 18.0 Å². The maximum Gasteiger partial charge on any atom is 0.416 e. The van der Waals surface area contributed by atoms with E-state index in [0.717, 1.165) is 36.0 Å². The van der Waals surface area contributed by atoms with Crippen LogP contribution in [0.3, 0.4) is 0 Å². The molecule has 7 heteroatoms. The van der Waals surface area contributed by atoms with Crippen LogP contribution in [0.5, 0.6) is 0 Å². The second-order valence-electron chi connectivity index (χ2n) is 8.08. The van der Waals surface area contributed by atoms with Crippen LogP contribution in [-0.4, -0.2) is 37.0 Å². The highest BCUT2D eigenvalue weighted by Crippen LogP contribution is 2.31. The number of halogens is 3. The number of amides is 1. The maximum atomic E-state index is 13.1. The van der Waals surface area contributed by atoms with Gasteiger partial charge in [-0.25, -0.2) is 0 Å². The summed E-state index contributed by atoms with van der Waals surface area (Å²) in [5.74, 6) is 0.107. The molecule has 0 saturated carbocycles. The lowest BCUT2D eigenvalue weighted by Crippen LogP contribution is -2.48. The smallest absolute Gasteiger partial charge is 0.384 e. The van der Waals surface area contributed by atoms with Gasteiger partial charge < -0.3 is 15.1 Å². The summed E-state index contributed by atoms with van der Waals surface area (Å²) in [4.78, 5) is 15.7. The van der Waals surface area contributed by atoms with Crippen LogP contribution in [0.15, 0.2) is 54.7 Å². The molecule has 0 aromatic heterocycles. The van der Waals surface area contributed by atoms with E-state index < -0.39 is 11.7 Å². The van der Waals surface area contributed by atoms with Crippen LogP contribution in [-0.2, 0) is 11.0 Å². The van der Waals surface area contributed by atoms with E-state index in [-0.39, 0.29) is 11.9 Å². The summed E-state index contributed by atoms with van der Waals surface area (Å²) in [5.41, 5.74) is 2.95. The van der Waals surface area contributed by atoms with E-state index in [1.165, 1.54) is 12.1 Å². The molecule has 2 aromatic rings. The Morgan fingerprint density at radius 2 is 1.78 bits per heavy atom. The number of carbonyl (C=O) groups is 1. The molecule has 1 aliphatic heterocycles. The molecule has 3 rings (SSSR count). The Morgan fingerprint density at radius 1 is 1.09 bits per heavy atom. The van der Waals surface area contributed by atoms with Gasteiger partial charge in [-0.3, -0.25) is 4.79 Å². The van der Waals surface area contributed by atoms with Crippen molar-refractivity contribution in [1.82, 2.24) is 10.2 Å². The minimum absolute atomic E-state index is 0.0131. The van der Waals surface area contributed by atoms with Crippen LogP contribution in [0.2, 0.25) is 0 Å². The molecule has 0 spiro atoms. The summed E-state index contributed by atoms with van der Waals surface area (Å²) < 4.78 is 39.2. The first kappa shape index (κ1) is 23.7. The molecule has 1 saturated heterocycles. The molecule has 172 valence electrons. The van der Waals surface area contributed by atoms with Crippen LogP contribution in [0.1, 0.15) is 49.9 Å². The minimum Gasteiger partial charge on any atom is -0.384 e. The average Bonchev–Trinajstić information content (AvgIpc) is 2.79. The Kier molecular flexibility index (Phi) is 7.48. The second kappa shape index (κ2) is 10.1. The van der Waals surface area contributed by atoms with E-state index >= 15 is 0 Å². The van der Waals surface area contributed by atoms with Gasteiger partial charge in [-0.1, -0.05) is 31.2 Å². The van der Waals surface area contributed by atoms with Crippen molar-refractivity contribution in [3.05, 3.63) is 71.4 Å². The molecule has 1 N–H and O–H groups in total. The minimum atomic E-state index is -4.36. The molecular formula is C25H30F3N3O. The molecule has 0 radical (unpaired) electrons. The van der Waals surface area contributed by atoms with Crippen molar-refractivity contribution in [1.29, 1.82) is 0 Å². The molecule has 1 fully saturated rings. The summed E-state index contributed by atoms with van der Waals surface area (Å²) in [6, 6.07) is 13.7. The molecule has 32 heavy (non-hydrogen) atoms. The van der Waals surface area contributed by atoms with Crippen molar-refractivity contribution in [3.63, 3.8) is 0 Å². The maximum absolute atomic E-state index is 13.1. The van der Waals surface area contributed by atoms with E-state index in [4.69, 9.17) is 0 Å². The number of alkyl halides is 3. The fourth-order valence-electron chi connectivity index (χ4n) is 3.88. The predicted octanol–water partition coefficient (Wildman–Crippen LogP) is 5.48. The van der Waals surface area contributed by atoms with Gasteiger partial charge in [-0.15, -0.1) is 0 Å². The Bertz CT molecular complexity index is 963. The number of hydrogen-bond donors (Lipinski definition) is 1. The topological polar surface area (TPSA) is 35.6 Å². The monoisotopic (exact) mass is 445 g/mol. The van der Waals surface area contributed by atoms with Crippen LogP contribution in [0, 0.1) is 0 Å². The molecule has 1 heterocycles. The summed E-state index contributed by atoms with van der Waals surface area (Å²) >= 11 is 0. The van der Waals surface area contributed by atoms with Gasteiger partial charge >= 0.3 is 6.18 Å². The number of benzene rings is 2. The zero-order chi connectivity index (χ0) is 23.3. The van der Waals surface area contributed by atoms with Crippen LogP contribution in [0.4, 0.5) is 18.9 Å². The molecule has 1 aliphatic rings. The van der Waals surface area contributed by atoms with Crippen LogP contribution in [0.25, 0.3) is 5.57 Å². The molecule has 1 atom stereocenters. The van der Waals surface area contributed by atoms with Gasteiger partial charge in [0.05, 0.1) is 5.56 Å². The van der Waals surface area contributed by atoms with Crippen LogP contribution < -0.4 is 10.2 Å². The number of hydrogen-bond acceptors (Lipinski definition) is 3. The lowest BCUT2D eigenvalue weighted by molar-refractivity contribution is -0.137. The Hall–Kier alpha value is -2.96. The molecule has 1 amide bonds. The summed E-state index contributed by atoms with van der Waals surface area (Å²) in [7, 11) is 0. The number of anilines is 1. The quantitative estimate of drug-likeness (QED) is 0.640. The number of carbonyl (C=O) groups excluding carboxylic acids is 1. The van der Waals surface area contributed by atoms with Gasteiger partial charge in [0, 0.05) is 51.0 Å². The zero-order valence-electron chi connectivity index (χ0n) is 18.7. The van der Waals surface area contributed by atoms with Crippen molar-refractivity contribution >= 4 is 17.2 Å². The fraction of sp³-hybridized carbons (Fsp3) is 0.400. The highest BCUT2D eigenvalue weighted by Gasteiger charge is 2.30. The van der Waals surface area contributed by atoms with E-state index in [2.05, 4.69) is 22.3 Å². The van der Waals surface area contributed by atoms with Gasteiger partial charge in [-0.05, 0) is 54.3 Å². The highest BCUT2D eigenvalue weighted by atomic mass is 19.4. The van der Waals surface area contributed by atoms with Crippen molar-refractivity contribution in [2.45, 2.75) is 39.4 Å².